The molecule has 0 saturated carbocycles. The molecule has 1 fully saturated rings. The van der Waals surface area contributed by atoms with E-state index in [9.17, 15) is 23.1 Å². The van der Waals surface area contributed by atoms with E-state index in [-0.39, 0.29) is 13.1 Å². The number of hydrogen-bond acceptors (Lipinski definition) is 3. The second-order valence-corrected chi connectivity index (χ2v) is 4.68. The van der Waals surface area contributed by atoms with Gasteiger partial charge in [0.05, 0.1) is 0 Å². The first-order valence-electron chi connectivity index (χ1n) is 6.07. The van der Waals surface area contributed by atoms with Gasteiger partial charge in [0.1, 0.15) is 0 Å². The third-order valence-corrected chi connectivity index (χ3v) is 3.34. The Morgan fingerprint density at radius 2 is 1.85 bits per heavy atom. The third kappa shape index (κ3) is 3.01. The van der Waals surface area contributed by atoms with E-state index in [0.717, 1.165) is 0 Å². The number of hydrogen-bond donors (Lipinski definition) is 2. The van der Waals surface area contributed by atoms with E-state index in [0.29, 0.717) is 5.69 Å². The van der Waals surface area contributed by atoms with Crippen molar-refractivity contribution in [2.24, 2.45) is 0 Å². The number of piperidine rings is 1. The molecule has 0 radical (unpaired) electrons. The van der Waals surface area contributed by atoms with Crippen LogP contribution in [0.2, 0.25) is 0 Å². The normalized spacial score (nSPS) is 18.7. The van der Waals surface area contributed by atoms with E-state index in [2.05, 4.69) is 10.3 Å². The number of likely N-dealkylation sites (tertiary alicyclic amines) is 1. The molecule has 5 nitrogen and oxygen atoms in total. The lowest BCUT2D eigenvalue weighted by Gasteiger charge is -2.38. The van der Waals surface area contributed by atoms with Gasteiger partial charge in [-0.25, -0.2) is 4.79 Å². The van der Waals surface area contributed by atoms with Crippen LogP contribution in [0.25, 0.3) is 0 Å². The molecule has 2 N–H and O–H groups in total. The highest BCUT2D eigenvalue weighted by Gasteiger charge is 2.54. The number of anilines is 1. The molecular formula is C12H14F3N3O2. The summed E-state index contributed by atoms with van der Waals surface area (Å²) < 4.78 is 37.9. The van der Waals surface area contributed by atoms with Gasteiger partial charge in [-0.15, -0.1) is 0 Å². The summed E-state index contributed by atoms with van der Waals surface area (Å²) >= 11 is 0. The molecular weight excluding hydrogens is 275 g/mol. The molecule has 20 heavy (non-hydrogen) atoms. The first-order chi connectivity index (χ1) is 9.32. The average molecular weight is 289 g/mol. The van der Waals surface area contributed by atoms with Crippen molar-refractivity contribution < 1.29 is 23.1 Å². The number of amides is 2. The number of pyridine rings is 1. The van der Waals surface area contributed by atoms with E-state index in [1.165, 1.54) is 17.3 Å². The zero-order valence-corrected chi connectivity index (χ0v) is 10.5. The summed E-state index contributed by atoms with van der Waals surface area (Å²) in [7, 11) is 0. The number of carbonyl (C=O) groups is 1. The van der Waals surface area contributed by atoms with E-state index in [1.807, 2.05) is 0 Å². The number of aromatic nitrogens is 1. The Morgan fingerprint density at radius 1 is 1.30 bits per heavy atom. The van der Waals surface area contributed by atoms with E-state index in [1.54, 1.807) is 12.1 Å². The summed E-state index contributed by atoms with van der Waals surface area (Å²) in [4.78, 5) is 16.9. The topological polar surface area (TPSA) is 65.5 Å². The van der Waals surface area contributed by atoms with Crippen LogP contribution >= 0.6 is 0 Å². The fourth-order valence-electron chi connectivity index (χ4n) is 2.00. The number of aliphatic hydroxyl groups is 1. The highest BCUT2D eigenvalue weighted by molar-refractivity contribution is 5.89. The van der Waals surface area contributed by atoms with Gasteiger partial charge in [-0.1, -0.05) is 0 Å². The Labute approximate surface area is 113 Å². The lowest BCUT2D eigenvalue weighted by Crippen LogP contribution is -2.55. The van der Waals surface area contributed by atoms with Crippen LogP contribution in [-0.2, 0) is 0 Å². The molecule has 0 aromatic carbocycles. The maximum absolute atomic E-state index is 12.6. The van der Waals surface area contributed by atoms with Crippen LogP contribution in [0.15, 0.2) is 24.5 Å². The van der Waals surface area contributed by atoms with Crippen LogP contribution in [-0.4, -0.2) is 45.9 Å². The maximum atomic E-state index is 12.6. The Hall–Kier alpha value is -1.83. The maximum Gasteiger partial charge on any atom is 0.417 e. The third-order valence-electron chi connectivity index (χ3n) is 3.34. The molecule has 0 bridgehead atoms. The first kappa shape index (κ1) is 14.6. The van der Waals surface area contributed by atoms with Gasteiger partial charge < -0.3 is 15.3 Å². The summed E-state index contributed by atoms with van der Waals surface area (Å²) in [6.07, 6.45) is -2.70. The molecule has 1 aromatic heterocycles. The number of nitrogens with one attached hydrogen (secondary N) is 1. The van der Waals surface area contributed by atoms with Crippen molar-refractivity contribution >= 4 is 11.7 Å². The molecule has 110 valence electrons. The van der Waals surface area contributed by atoms with Crippen molar-refractivity contribution in [3.05, 3.63) is 24.5 Å². The van der Waals surface area contributed by atoms with Gasteiger partial charge in [0.25, 0.3) is 0 Å². The van der Waals surface area contributed by atoms with Crippen LogP contribution in [0.1, 0.15) is 12.8 Å². The van der Waals surface area contributed by atoms with Gasteiger partial charge in [-0.3, -0.25) is 4.98 Å². The lowest BCUT2D eigenvalue weighted by molar-refractivity contribution is -0.271. The second-order valence-electron chi connectivity index (χ2n) is 4.68. The molecule has 1 aliphatic heterocycles. The summed E-state index contributed by atoms with van der Waals surface area (Å²) in [6.45, 7) is -0.292. The first-order valence-corrected chi connectivity index (χ1v) is 6.07. The van der Waals surface area contributed by atoms with Crippen LogP contribution in [0.3, 0.4) is 0 Å². The Balaban J connectivity index is 1.93. The predicted octanol–water partition coefficient (Wildman–Crippen LogP) is 2.00. The molecule has 0 aliphatic carbocycles. The zero-order chi connectivity index (χ0) is 14.8. The second kappa shape index (κ2) is 5.28. The molecule has 8 heteroatoms. The summed E-state index contributed by atoms with van der Waals surface area (Å²) in [5, 5.41) is 12.1. The quantitative estimate of drug-likeness (QED) is 0.831. The van der Waals surface area contributed by atoms with Gasteiger partial charge in [0.2, 0.25) is 0 Å². The Morgan fingerprint density at radius 3 is 2.35 bits per heavy atom. The molecule has 2 amide bonds. The number of halogens is 3. The fraction of sp³-hybridized carbons (Fsp3) is 0.500. The lowest BCUT2D eigenvalue weighted by atomic mass is 9.91. The van der Waals surface area contributed by atoms with E-state index < -0.39 is 30.7 Å². The van der Waals surface area contributed by atoms with E-state index in [4.69, 9.17) is 0 Å². The molecule has 0 spiro atoms. The zero-order valence-electron chi connectivity index (χ0n) is 10.5. The van der Waals surface area contributed by atoms with Gasteiger partial charge in [-0.2, -0.15) is 13.2 Å². The largest absolute Gasteiger partial charge is 0.417 e. The summed E-state index contributed by atoms with van der Waals surface area (Å²) in [6, 6.07) is 2.67. The fourth-order valence-corrected chi connectivity index (χ4v) is 2.00. The molecule has 2 rings (SSSR count). The number of urea groups is 1. The number of carbonyl (C=O) groups excluding carboxylic acids is 1. The van der Waals surface area contributed by atoms with Gasteiger partial charge in [-0.05, 0) is 12.1 Å². The highest BCUT2D eigenvalue weighted by Crippen LogP contribution is 2.38. The Kier molecular flexibility index (Phi) is 3.85. The SMILES string of the molecule is O=C(Nc1ccncc1)N1CCC(O)(C(F)(F)F)CC1. The average Bonchev–Trinajstić information content (AvgIpc) is 2.39. The minimum absolute atomic E-state index is 0.146. The van der Waals surface area contributed by atoms with E-state index >= 15 is 0 Å². The van der Waals surface area contributed by atoms with Crippen LogP contribution in [0, 0.1) is 0 Å². The number of nitrogens with zero attached hydrogens (tertiary/aromatic N) is 2. The van der Waals surface area contributed by atoms with Gasteiger partial charge in [0, 0.05) is 44.0 Å². The van der Waals surface area contributed by atoms with Gasteiger partial charge in [0.15, 0.2) is 5.60 Å². The smallest absolute Gasteiger partial charge is 0.380 e. The van der Waals surface area contributed by atoms with Crippen LogP contribution < -0.4 is 5.32 Å². The monoisotopic (exact) mass is 289 g/mol. The minimum Gasteiger partial charge on any atom is -0.380 e. The molecule has 0 atom stereocenters. The van der Waals surface area contributed by atoms with Crippen molar-refractivity contribution in [3.8, 4) is 0 Å². The minimum atomic E-state index is -4.67. The number of rotatable bonds is 1. The molecule has 1 aromatic rings. The highest BCUT2D eigenvalue weighted by atomic mass is 19.4. The van der Waals surface area contributed by atoms with Gasteiger partial charge >= 0.3 is 12.2 Å². The van der Waals surface area contributed by atoms with Crippen molar-refractivity contribution in [2.45, 2.75) is 24.6 Å². The number of alkyl halides is 3. The molecule has 0 unspecified atom stereocenters. The van der Waals surface area contributed by atoms with Crippen molar-refractivity contribution in [1.82, 2.24) is 9.88 Å². The van der Waals surface area contributed by atoms with Crippen LogP contribution in [0.4, 0.5) is 23.7 Å². The van der Waals surface area contributed by atoms with Crippen molar-refractivity contribution in [1.29, 1.82) is 0 Å². The molecule has 1 aliphatic rings. The summed E-state index contributed by atoms with van der Waals surface area (Å²) in [5.41, 5.74) is -2.18. The Bertz CT molecular complexity index is 471. The van der Waals surface area contributed by atoms with Crippen molar-refractivity contribution in [3.63, 3.8) is 0 Å². The summed E-state index contributed by atoms with van der Waals surface area (Å²) in [5.74, 6) is 0. The molecule has 1 saturated heterocycles. The molecule has 2 heterocycles. The predicted molar refractivity (Wildman–Crippen MR) is 65.1 cm³/mol. The van der Waals surface area contributed by atoms with Crippen LogP contribution in [0.5, 0.6) is 0 Å². The van der Waals surface area contributed by atoms with Crippen molar-refractivity contribution in [2.75, 3.05) is 18.4 Å². The standard InChI is InChI=1S/C12H14F3N3O2/c13-12(14,15)11(20)3-7-18(8-4-11)10(19)17-9-1-5-16-6-2-9/h1-2,5-6,20H,3-4,7-8H2,(H,16,17,19).